The number of nitrogen functional groups attached to an aromatic ring is 2. The fraction of sp³-hybridized carbons (Fsp3) is 0.294. The van der Waals surface area contributed by atoms with E-state index in [0.29, 0.717) is 0 Å². The van der Waals surface area contributed by atoms with E-state index in [9.17, 15) is 0 Å². The summed E-state index contributed by atoms with van der Waals surface area (Å²) < 4.78 is 0. The second-order valence-corrected chi connectivity index (χ2v) is 5.53. The highest BCUT2D eigenvalue weighted by atomic mass is 14.5. The predicted molar refractivity (Wildman–Crippen MR) is 81.0 cm³/mol. The molecule has 2 nitrogen and oxygen atoms in total. The normalized spacial score (nSPS) is 17.5. The van der Waals surface area contributed by atoms with Crippen LogP contribution in [0.1, 0.15) is 36.8 Å². The van der Waals surface area contributed by atoms with Gasteiger partial charge in [0.1, 0.15) is 0 Å². The highest BCUT2D eigenvalue weighted by Crippen LogP contribution is 2.46. The third-order valence-corrected chi connectivity index (χ3v) is 4.38. The van der Waals surface area contributed by atoms with E-state index in [4.69, 9.17) is 11.5 Å². The van der Waals surface area contributed by atoms with E-state index < -0.39 is 0 Å². The van der Waals surface area contributed by atoms with Gasteiger partial charge in [0.2, 0.25) is 0 Å². The lowest BCUT2D eigenvalue weighted by Crippen LogP contribution is -2.23. The molecular formula is C17H20N2. The molecule has 0 aliphatic heterocycles. The van der Waals surface area contributed by atoms with Crippen LogP contribution in [0.25, 0.3) is 0 Å². The zero-order valence-electron chi connectivity index (χ0n) is 11.1. The van der Waals surface area contributed by atoms with E-state index in [1.54, 1.807) is 0 Å². The summed E-state index contributed by atoms with van der Waals surface area (Å²) in [5.41, 5.74) is 16.2. The summed E-state index contributed by atoms with van der Waals surface area (Å²) in [5.74, 6) is 0. The van der Waals surface area contributed by atoms with E-state index in [2.05, 4.69) is 24.3 Å². The minimum atomic E-state index is 0.154. The van der Waals surface area contributed by atoms with Gasteiger partial charge >= 0.3 is 0 Å². The van der Waals surface area contributed by atoms with Crippen LogP contribution in [0.4, 0.5) is 11.4 Å². The van der Waals surface area contributed by atoms with Gasteiger partial charge in [-0.25, -0.2) is 0 Å². The van der Waals surface area contributed by atoms with Crippen LogP contribution < -0.4 is 11.5 Å². The van der Waals surface area contributed by atoms with Crippen LogP contribution in [0.3, 0.4) is 0 Å². The van der Waals surface area contributed by atoms with Crippen molar-refractivity contribution < 1.29 is 0 Å². The summed E-state index contributed by atoms with van der Waals surface area (Å²) in [5, 5.41) is 0. The Morgan fingerprint density at radius 3 is 1.37 bits per heavy atom. The lowest BCUT2D eigenvalue weighted by molar-refractivity contribution is 0.535. The molecule has 1 aliphatic carbocycles. The van der Waals surface area contributed by atoms with Crippen LogP contribution in [0.2, 0.25) is 0 Å². The van der Waals surface area contributed by atoms with Crippen molar-refractivity contribution in [1.29, 1.82) is 0 Å². The molecule has 0 bridgehead atoms. The average molecular weight is 252 g/mol. The van der Waals surface area contributed by atoms with Crippen LogP contribution >= 0.6 is 0 Å². The quantitative estimate of drug-likeness (QED) is 0.800. The van der Waals surface area contributed by atoms with Crippen LogP contribution in [0, 0.1) is 0 Å². The molecule has 0 heterocycles. The molecule has 19 heavy (non-hydrogen) atoms. The Bertz CT molecular complexity index is 501. The summed E-state index contributed by atoms with van der Waals surface area (Å²) in [4.78, 5) is 0. The summed E-state index contributed by atoms with van der Waals surface area (Å²) >= 11 is 0. The van der Waals surface area contributed by atoms with Crippen molar-refractivity contribution in [3.8, 4) is 0 Å². The average Bonchev–Trinajstić information content (AvgIpc) is 2.91. The first-order valence-corrected chi connectivity index (χ1v) is 6.93. The number of nitrogens with two attached hydrogens (primary N) is 2. The minimum absolute atomic E-state index is 0.154. The van der Waals surface area contributed by atoms with E-state index >= 15 is 0 Å². The van der Waals surface area contributed by atoms with Crippen molar-refractivity contribution in [2.24, 2.45) is 0 Å². The van der Waals surface area contributed by atoms with Crippen molar-refractivity contribution in [3.63, 3.8) is 0 Å². The molecule has 0 unspecified atom stereocenters. The van der Waals surface area contributed by atoms with Crippen LogP contribution in [-0.4, -0.2) is 0 Å². The maximum atomic E-state index is 5.81. The van der Waals surface area contributed by atoms with Crippen LogP contribution in [-0.2, 0) is 5.41 Å². The van der Waals surface area contributed by atoms with E-state index in [1.807, 2.05) is 24.3 Å². The minimum Gasteiger partial charge on any atom is -0.399 e. The van der Waals surface area contributed by atoms with Gasteiger partial charge in [-0.2, -0.15) is 0 Å². The molecule has 0 radical (unpaired) electrons. The largest absolute Gasteiger partial charge is 0.399 e. The lowest BCUT2D eigenvalue weighted by Gasteiger charge is -2.30. The number of hydrogen-bond acceptors (Lipinski definition) is 2. The van der Waals surface area contributed by atoms with E-state index in [0.717, 1.165) is 11.4 Å². The first-order valence-electron chi connectivity index (χ1n) is 6.93. The molecule has 1 fully saturated rings. The molecule has 2 heteroatoms. The Labute approximate surface area is 114 Å². The second-order valence-electron chi connectivity index (χ2n) is 5.53. The molecule has 1 aliphatic rings. The van der Waals surface area contributed by atoms with Gasteiger partial charge in [0, 0.05) is 16.8 Å². The van der Waals surface area contributed by atoms with Gasteiger partial charge in [-0.3, -0.25) is 0 Å². The van der Waals surface area contributed by atoms with E-state index in [-0.39, 0.29) is 5.41 Å². The van der Waals surface area contributed by atoms with Gasteiger partial charge in [0.25, 0.3) is 0 Å². The van der Waals surface area contributed by atoms with Gasteiger partial charge < -0.3 is 11.5 Å². The van der Waals surface area contributed by atoms with Gasteiger partial charge in [-0.05, 0) is 48.2 Å². The zero-order valence-corrected chi connectivity index (χ0v) is 11.1. The van der Waals surface area contributed by atoms with Crippen molar-refractivity contribution in [2.45, 2.75) is 31.1 Å². The maximum Gasteiger partial charge on any atom is 0.0314 e. The van der Waals surface area contributed by atoms with E-state index in [1.165, 1.54) is 36.8 Å². The zero-order chi connectivity index (χ0) is 13.3. The predicted octanol–water partition coefficient (Wildman–Crippen LogP) is 3.71. The fourth-order valence-corrected chi connectivity index (χ4v) is 3.33. The second kappa shape index (κ2) is 4.61. The molecule has 0 spiro atoms. The smallest absolute Gasteiger partial charge is 0.0314 e. The Morgan fingerprint density at radius 1 is 0.632 bits per heavy atom. The van der Waals surface area contributed by atoms with Gasteiger partial charge in [0.05, 0.1) is 0 Å². The number of anilines is 2. The first kappa shape index (κ1) is 12.1. The molecule has 1 saturated carbocycles. The number of rotatable bonds is 2. The molecule has 98 valence electrons. The summed E-state index contributed by atoms with van der Waals surface area (Å²) in [6.07, 6.45) is 4.99. The van der Waals surface area contributed by atoms with Gasteiger partial charge in [-0.1, -0.05) is 37.1 Å². The third kappa shape index (κ3) is 2.07. The maximum absolute atomic E-state index is 5.81. The molecule has 0 saturated heterocycles. The molecule has 3 rings (SSSR count). The highest BCUT2D eigenvalue weighted by molar-refractivity contribution is 5.49. The van der Waals surface area contributed by atoms with Gasteiger partial charge in [0.15, 0.2) is 0 Å². The summed E-state index contributed by atoms with van der Waals surface area (Å²) in [6, 6.07) is 16.7. The molecule has 2 aromatic rings. The summed E-state index contributed by atoms with van der Waals surface area (Å²) in [7, 11) is 0. The Balaban J connectivity index is 2.08. The van der Waals surface area contributed by atoms with Crippen molar-refractivity contribution in [1.82, 2.24) is 0 Å². The third-order valence-electron chi connectivity index (χ3n) is 4.38. The van der Waals surface area contributed by atoms with Crippen molar-refractivity contribution in [3.05, 3.63) is 59.7 Å². The Morgan fingerprint density at radius 2 is 1.00 bits per heavy atom. The van der Waals surface area contributed by atoms with Crippen LogP contribution in [0.5, 0.6) is 0 Å². The van der Waals surface area contributed by atoms with Crippen LogP contribution in [0.15, 0.2) is 48.5 Å². The van der Waals surface area contributed by atoms with Crippen molar-refractivity contribution in [2.75, 3.05) is 11.5 Å². The highest BCUT2D eigenvalue weighted by Gasteiger charge is 2.37. The number of benzene rings is 2. The first-order chi connectivity index (χ1) is 9.21. The molecule has 4 N–H and O–H groups in total. The fourth-order valence-electron chi connectivity index (χ4n) is 3.33. The Kier molecular flexibility index (Phi) is 2.94. The topological polar surface area (TPSA) is 52.0 Å². The molecule has 0 atom stereocenters. The SMILES string of the molecule is Nc1ccc(C2(c3ccc(N)cc3)CCCC2)cc1. The molecular weight excluding hydrogens is 232 g/mol. The monoisotopic (exact) mass is 252 g/mol. The van der Waals surface area contributed by atoms with Gasteiger partial charge in [-0.15, -0.1) is 0 Å². The lowest BCUT2D eigenvalue weighted by atomic mass is 9.73. The standard InChI is InChI=1S/C17H20N2/c18-15-7-3-13(4-8-15)17(11-1-2-12-17)14-5-9-16(19)10-6-14/h3-10H,1-2,11-12,18-19H2. The molecule has 2 aromatic carbocycles. The number of hydrogen-bond donors (Lipinski definition) is 2. The van der Waals surface area contributed by atoms with Crippen molar-refractivity contribution >= 4 is 11.4 Å². The summed E-state index contributed by atoms with van der Waals surface area (Å²) in [6.45, 7) is 0. The Hall–Kier alpha value is -1.96. The molecule has 0 amide bonds. The molecule has 0 aromatic heterocycles.